The molecule has 106 valence electrons. The summed E-state index contributed by atoms with van der Waals surface area (Å²) in [6.07, 6.45) is -2.69. The van der Waals surface area contributed by atoms with Crippen LogP contribution >= 0.6 is 0 Å². The van der Waals surface area contributed by atoms with Gasteiger partial charge >= 0.3 is 6.18 Å². The number of halogens is 3. The van der Waals surface area contributed by atoms with Gasteiger partial charge in [0.05, 0.1) is 11.6 Å². The molecular formula is C14H14F3N3. The molecule has 1 heterocycles. The fraction of sp³-hybridized carbons (Fsp3) is 0.214. The minimum atomic E-state index is -4.34. The molecule has 0 amide bonds. The van der Waals surface area contributed by atoms with Crippen molar-refractivity contribution >= 4 is 0 Å². The standard InChI is InChI=1S/C14H14F3N3/c1-9-2-3-11(8-19-9)13(20-18)10-4-6-12(7-5-10)14(15,16)17/h2-8,13,20H,18H2,1H3. The quantitative estimate of drug-likeness (QED) is 0.671. The Labute approximate surface area is 114 Å². The van der Waals surface area contributed by atoms with Crippen molar-refractivity contribution in [2.75, 3.05) is 0 Å². The average molecular weight is 281 g/mol. The first-order valence-corrected chi connectivity index (χ1v) is 5.97. The molecule has 0 aliphatic carbocycles. The van der Waals surface area contributed by atoms with Crippen molar-refractivity contribution in [3.63, 3.8) is 0 Å². The van der Waals surface area contributed by atoms with Crippen molar-refractivity contribution in [2.45, 2.75) is 19.1 Å². The molecule has 3 N–H and O–H groups in total. The van der Waals surface area contributed by atoms with Crippen molar-refractivity contribution < 1.29 is 13.2 Å². The van der Waals surface area contributed by atoms with Gasteiger partial charge in [0.15, 0.2) is 0 Å². The predicted molar refractivity (Wildman–Crippen MR) is 69.6 cm³/mol. The maximum atomic E-state index is 12.5. The van der Waals surface area contributed by atoms with Gasteiger partial charge in [-0.1, -0.05) is 18.2 Å². The topological polar surface area (TPSA) is 50.9 Å². The van der Waals surface area contributed by atoms with Gasteiger partial charge in [-0.3, -0.25) is 10.8 Å². The molecular weight excluding hydrogens is 267 g/mol. The number of benzene rings is 1. The van der Waals surface area contributed by atoms with Gasteiger partial charge in [0, 0.05) is 11.9 Å². The maximum absolute atomic E-state index is 12.5. The molecule has 3 nitrogen and oxygen atoms in total. The minimum Gasteiger partial charge on any atom is -0.271 e. The number of aromatic nitrogens is 1. The summed E-state index contributed by atoms with van der Waals surface area (Å²) >= 11 is 0. The third-order valence-corrected chi connectivity index (χ3v) is 3.01. The Morgan fingerprint density at radius 1 is 1.05 bits per heavy atom. The Balaban J connectivity index is 2.30. The van der Waals surface area contributed by atoms with E-state index in [4.69, 9.17) is 5.84 Å². The summed E-state index contributed by atoms with van der Waals surface area (Å²) in [4.78, 5) is 4.15. The Bertz CT molecular complexity index is 562. The third-order valence-electron chi connectivity index (χ3n) is 3.01. The van der Waals surface area contributed by atoms with Crippen LogP contribution in [0.1, 0.15) is 28.4 Å². The normalized spacial score (nSPS) is 13.2. The van der Waals surface area contributed by atoms with Gasteiger partial charge in [-0.2, -0.15) is 13.2 Å². The molecule has 0 aliphatic heterocycles. The van der Waals surface area contributed by atoms with Crippen molar-refractivity contribution in [1.29, 1.82) is 0 Å². The number of hydrazine groups is 1. The third kappa shape index (κ3) is 3.15. The first kappa shape index (κ1) is 14.5. The van der Waals surface area contributed by atoms with Gasteiger partial charge in [0.25, 0.3) is 0 Å². The Hall–Kier alpha value is -1.92. The van der Waals surface area contributed by atoms with E-state index in [1.807, 2.05) is 19.1 Å². The first-order valence-electron chi connectivity index (χ1n) is 5.97. The summed E-state index contributed by atoms with van der Waals surface area (Å²) in [5.74, 6) is 5.50. The van der Waals surface area contributed by atoms with Crippen LogP contribution in [0.4, 0.5) is 13.2 Å². The monoisotopic (exact) mass is 281 g/mol. The fourth-order valence-corrected chi connectivity index (χ4v) is 1.90. The van der Waals surface area contributed by atoms with E-state index < -0.39 is 17.8 Å². The van der Waals surface area contributed by atoms with Crippen LogP contribution in [0.5, 0.6) is 0 Å². The van der Waals surface area contributed by atoms with Crippen molar-refractivity contribution in [3.05, 3.63) is 65.0 Å². The number of nitrogens with zero attached hydrogens (tertiary/aromatic N) is 1. The lowest BCUT2D eigenvalue weighted by molar-refractivity contribution is -0.137. The number of hydrogen-bond donors (Lipinski definition) is 2. The van der Waals surface area contributed by atoms with Crippen LogP contribution in [-0.2, 0) is 6.18 Å². The molecule has 1 atom stereocenters. The Kier molecular flexibility index (Phi) is 4.06. The summed E-state index contributed by atoms with van der Waals surface area (Å²) < 4.78 is 37.6. The molecule has 1 unspecified atom stereocenters. The largest absolute Gasteiger partial charge is 0.416 e. The van der Waals surface area contributed by atoms with Crippen molar-refractivity contribution in [1.82, 2.24) is 10.4 Å². The number of nitrogens with one attached hydrogen (secondary N) is 1. The summed E-state index contributed by atoms with van der Waals surface area (Å²) in [7, 11) is 0. The van der Waals surface area contributed by atoms with Gasteiger partial charge in [-0.25, -0.2) is 5.43 Å². The molecule has 0 aliphatic rings. The highest BCUT2D eigenvalue weighted by molar-refractivity contribution is 5.33. The lowest BCUT2D eigenvalue weighted by Crippen LogP contribution is -2.29. The second-order valence-electron chi connectivity index (χ2n) is 4.45. The fourth-order valence-electron chi connectivity index (χ4n) is 1.90. The van der Waals surface area contributed by atoms with Crippen LogP contribution in [0.3, 0.4) is 0 Å². The summed E-state index contributed by atoms with van der Waals surface area (Å²) in [5.41, 5.74) is 4.20. The van der Waals surface area contributed by atoms with Crippen LogP contribution in [0.15, 0.2) is 42.6 Å². The highest BCUT2D eigenvalue weighted by atomic mass is 19.4. The SMILES string of the molecule is Cc1ccc(C(NN)c2ccc(C(F)(F)F)cc2)cn1. The first-order chi connectivity index (χ1) is 9.41. The van der Waals surface area contributed by atoms with E-state index >= 15 is 0 Å². The van der Waals surface area contributed by atoms with Gasteiger partial charge in [-0.15, -0.1) is 0 Å². The average Bonchev–Trinajstić information content (AvgIpc) is 2.41. The van der Waals surface area contributed by atoms with Crippen LogP contribution in [0.2, 0.25) is 0 Å². The van der Waals surface area contributed by atoms with E-state index in [1.165, 1.54) is 12.1 Å². The lowest BCUT2D eigenvalue weighted by Gasteiger charge is -2.17. The van der Waals surface area contributed by atoms with Gasteiger partial charge in [0.1, 0.15) is 0 Å². The molecule has 0 saturated carbocycles. The zero-order chi connectivity index (χ0) is 14.8. The van der Waals surface area contributed by atoms with Crippen LogP contribution in [-0.4, -0.2) is 4.98 Å². The second kappa shape index (κ2) is 5.60. The van der Waals surface area contributed by atoms with Gasteiger partial charge < -0.3 is 0 Å². The zero-order valence-electron chi connectivity index (χ0n) is 10.8. The molecule has 0 saturated heterocycles. The molecule has 20 heavy (non-hydrogen) atoms. The molecule has 0 fully saturated rings. The van der Waals surface area contributed by atoms with Crippen molar-refractivity contribution in [2.24, 2.45) is 5.84 Å². The van der Waals surface area contributed by atoms with Gasteiger partial charge in [0.2, 0.25) is 0 Å². The molecule has 1 aromatic carbocycles. The highest BCUT2D eigenvalue weighted by Gasteiger charge is 2.30. The van der Waals surface area contributed by atoms with E-state index in [1.54, 1.807) is 6.20 Å². The number of alkyl halides is 3. The number of rotatable bonds is 3. The number of aryl methyl sites for hydroxylation is 1. The molecule has 2 aromatic rings. The smallest absolute Gasteiger partial charge is 0.271 e. The molecule has 0 spiro atoms. The lowest BCUT2D eigenvalue weighted by atomic mass is 9.99. The van der Waals surface area contributed by atoms with Crippen LogP contribution in [0.25, 0.3) is 0 Å². The Morgan fingerprint density at radius 3 is 2.10 bits per heavy atom. The van der Waals surface area contributed by atoms with E-state index in [0.717, 1.165) is 23.4 Å². The molecule has 6 heteroatoms. The summed E-state index contributed by atoms with van der Waals surface area (Å²) in [6.45, 7) is 1.85. The second-order valence-corrected chi connectivity index (χ2v) is 4.45. The number of hydrogen-bond acceptors (Lipinski definition) is 3. The van der Waals surface area contributed by atoms with Crippen LogP contribution in [0, 0.1) is 6.92 Å². The zero-order valence-corrected chi connectivity index (χ0v) is 10.8. The number of pyridine rings is 1. The van der Waals surface area contributed by atoms with E-state index in [-0.39, 0.29) is 0 Å². The minimum absolute atomic E-state index is 0.398. The van der Waals surface area contributed by atoms with E-state index in [2.05, 4.69) is 10.4 Å². The molecule has 0 radical (unpaired) electrons. The number of nitrogens with two attached hydrogens (primary N) is 1. The van der Waals surface area contributed by atoms with E-state index in [0.29, 0.717) is 5.56 Å². The Morgan fingerprint density at radius 2 is 1.65 bits per heavy atom. The highest BCUT2D eigenvalue weighted by Crippen LogP contribution is 2.30. The predicted octanol–water partition coefficient (Wildman–Crippen LogP) is 2.96. The molecule has 0 bridgehead atoms. The van der Waals surface area contributed by atoms with Gasteiger partial charge in [-0.05, 0) is 36.2 Å². The summed E-state index contributed by atoms with van der Waals surface area (Å²) in [6, 6.07) is 8.17. The van der Waals surface area contributed by atoms with Crippen LogP contribution < -0.4 is 11.3 Å². The maximum Gasteiger partial charge on any atom is 0.416 e. The molecule has 1 aromatic heterocycles. The van der Waals surface area contributed by atoms with E-state index in [9.17, 15) is 13.2 Å². The summed E-state index contributed by atoms with van der Waals surface area (Å²) in [5, 5.41) is 0. The molecule has 2 rings (SSSR count). The van der Waals surface area contributed by atoms with Crippen molar-refractivity contribution in [3.8, 4) is 0 Å².